The van der Waals surface area contributed by atoms with E-state index in [2.05, 4.69) is 0 Å². The Morgan fingerprint density at radius 3 is 2.30 bits per heavy atom. The van der Waals surface area contributed by atoms with Gasteiger partial charge in [-0.25, -0.2) is 4.39 Å². The molecule has 1 unspecified atom stereocenters. The molecule has 0 aliphatic carbocycles. The molecule has 1 aromatic carbocycles. The molecule has 0 aromatic heterocycles. The van der Waals surface area contributed by atoms with Gasteiger partial charge in [-0.05, 0) is 31.5 Å². The number of nitrogens with two attached hydrogens (primary N) is 1. The molecule has 2 N–H and O–H groups in total. The first kappa shape index (κ1) is 16.4. The Balaban J connectivity index is 3.31. The van der Waals surface area contributed by atoms with Gasteiger partial charge in [0, 0.05) is 11.0 Å². The summed E-state index contributed by atoms with van der Waals surface area (Å²) >= 11 is 0. The Bertz CT molecular complexity index is 496. The minimum Gasteiger partial charge on any atom is -0.494 e. The van der Waals surface area contributed by atoms with Crippen LogP contribution in [0.5, 0.6) is 5.75 Å². The smallest absolute Gasteiger partial charge is 0.306 e. The zero-order valence-corrected chi connectivity index (χ0v) is 12.6. The maximum Gasteiger partial charge on any atom is 0.306 e. The van der Waals surface area contributed by atoms with Crippen LogP contribution in [0.15, 0.2) is 18.2 Å². The van der Waals surface area contributed by atoms with Crippen molar-refractivity contribution in [2.45, 2.75) is 38.1 Å². The highest BCUT2D eigenvalue weighted by Crippen LogP contribution is 2.38. The fourth-order valence-electron chi connectivity index (χ4n) is 2.07. The van der Waals surface area contributed by atoms with Crippen molar-refractivity contribution in [2.75, 3.05) is 14.2 Å². The van der Waals surface area contributed by atoms with E-state index in [4.69, 9.17) is 15.2 Å². The van der Waals surface area contributed by atoms with E-state index >= 15 is 0 Å². The lowest BCUT2D eigenvalue weighted by Gasteiger charge is -2.41. The molecular weight excluding hydrogens is 261 g/mol. The van der Waals surface area contributed by atoms with Crippen molar-refractivity contribution in [3.63, 3.8) is 0 Å². The number of methoxy groups -OCH3 is 2. The lowest BCUT2D eigenvalue weighted by molar-refractivity contribution is -0.142. The maximum absolute atomic E-state index is 13.9. The maximum atomic E-state index is 13.9. The number of carbonyl (C=O) groups is 1. The van der Waals surface area contributed by atoms with Crippen LogP contribution in [0.4, 0.5) is 4.39 Å². The van der Waals surface area contributed by atoms with Gasteiger partial charge in [-0.2, -0.15) is 0 Å². The molecule has 0 spiro atoms. The SMILES string of the molecule is COC(=O)CC(C)(c1ccc(OC)c(F)c1)C(C)(C)N. The van der Waals surface area contributed by atoms with Crippen molar-refractivity contribution < 1.29 is 18.7 Å². The molecule has 0 amide bonds. The van der Waals surface area contributed by atoms with Crippen molar-refractivity contribution in [2.24, 2.45) is 5.73 Å². The molecule has 0 saturated carbocycles. The highest BCUT2D eigenvalue weighted by atomic mass is 19.1. The van der Waals surface area contributed by atoms with Crippen molar-refractivity contribution in [3.05, 3.63) is 29.6 Å². The van der Waals surface area contributed by atoms with Gasteiger partial charge in [0.2, 0.25) is 0 Å². The van der Waals surface area contributed by atoms with Gasteiger partial charge in [-0.15, -0.1) is 0 Å². The van der Waals surface area contributed by atoms with Crippen molar-refractivity contribution >= 4 is 5.97 Å². The van der Waals surface area contributed by atoms with Crippen LogP contribution in [0.3, 0.4) is 0 Å². The molecule has 1 atom stereocenters. The van der Waals surface area contributed by atoms with Crippen LogP contribution in [0.25, 0.3) is 0 Å². The lowest BCUT2D eigenvalue weighted by Crippen LogP contribution is -2.53. The monoisotopic (exact) mass is 283 g/mol. The van der Waals surface area contributed by atoms with Crippen LogP contribution >= 0.6 is 0 Å². The Morgan fingerprint density at radius 1 is 1.30 bits per heavy atom. The zero-order valence-electron chi connectivity index (χ0n) is 12.6. The molecule has 0 radical (unpaired) electrons. The third-order valence-electron chi connectivity index (χ3n) is 3.94. The average Bonchev–Trinajstić information content (AvgIpc) is 2.36. The second kappa shape index (κ2) is 5.79. The van der Waals surface area contributed by atoms with Crippen LogP contribution in [-0.4, -0.2) is 25.7 Å². The van der Waals surface area contributed by atoms with Gasteiger partial charge in [-0.3, -0.25) is 4.79 Å². The highest BCUT2D eigenvalue weighted by Gasteiger charge is 2.42. The van der Waals surface area contributed by atoms with E-state index in [-0.39, 0.29) is 18.1 Å². The summed E-state index contributed by atoms with van der Waals surface area (Å²) in [6, 6.07) is 4.61. The molecule has 0 saturated heterocycles. The van der Waals surface area contributed by atoms with Gasteiger partial charge < -0.3 is 15.2 Å². The number of halogens is 1. The Kier molecular flexibility index (Phi) is 4.76. The van der Waals surface area contributed by atoms with Gasteiger partial charge in [0.05, 0.1) is 20.6 Å². The first-order valence-corrected chi connectivity index (χ1v) is 6.35. The Morgan fingerprint density at radius 2 is 1.90 bits per heavy atom. The number of rotatable bonds is 5. The Hall–Kier alpha value is -1.62. The van der Waals surface area contributed by atoms with E-state index in [1.54, 1.807) is 19.9 Å². The second-order valence-corrected chi connectivity index (χ2v) is 5.66. The summed E-state index contributed by atoms with van der Waals surface area (Å²) in [5.41, 5.74) is 5.35. The third kappa shape index (κ3) is 3.10. The number of hydrogen-bond donors (Lipinski definition) is 1. The summed E-state index contributed by atoms with van der Waals surface area (Å²) in [6.45, 7) is 5.43. The molecule has 0 heterocycles. The van der Waals surface area contributed by atoms with E-state index in [0.717, 1.165) is 0 Å². The Labute approximate surface area is 119 Å². The normalized spacial score (nSPS) is 14.6. The number of benzene rings is 1. The molecule has 1 rings (SSSR count). The molecule has 112 valence electrons. The van der Waals surface area contributed by atoms with Gasteiger partial charge in [0.15, 0.2) is 11.6 Å². The molecule has 1 aromatic rings. The first-order valence-electron chi connectivity index (χ1n) is 6.35. The molecule has 0 aliphatic rings. The molecule has 0 fully saturated rings. The van der Waals surface area contributed by atoms with E-state index in [0.29, 0.717) is 5.56 Å². The van der Waals surface area contributed by atoms with Crippen LogP contribution in [-0.2, 0) is 14.9 Å². The molecular formula is C15H22FNO3. The summed E-state index contributed by atoms with van der Waals surface area (Å²) in [5.74, 6) is -0.711. The largest absolute Gasteiger partial charge is 0.494 e. The molecule has 0 aliphatic heterocycles. The number of hydrogen-bond acceptors (Lipinski definition) is 4. The molecule has 4 nitrogen and oxygen atoms in total. The highest BCUT2D eigenvalue weighted by molar-refractivity contribution is 5.71. The topological polar surface area (TPSA) is 61.5 Å². The zero-order chi connectivity index (χ0) is 15.6. The van der Waals surface area contributed by atoms with Gasteiger partial charge in [0.25, 0.3) is 0 Å². The summed E-state index contributed by atoms with van der Waals surface area (Å²) in [4.78, 5) is 11.7. The van der Waals surface area contributed by atoms with E-state index in [1.165, 1.54) is 26.4 Å². The quantitative estimate of drug-likeness (QED) is 0.843. The predicted octanol–water partition coefficient (Wildman–Crippen LogP) is 2.39. The summed E-state index contributed by atoms with van der Waals surface area (Å²) in [6.07, 6.45) is 0.0682. The van der Waals surface area contributed by atoms with Gasteiger partial charge >= 0.3 is 5.97 Å². The summed E-state index contributed by atoms with van der Waals surface area (Å²) in [5, 5.41) is 0. The third-order valence-corrected chi connectivity index (χ3v) is 3.94. The van der Waals surface area contributed by atoms with Crippen LogP contribution in [0.2, 0.25) is 0 Å². The van der Waals surface area contributed by atoms with Crippen molar-refractivity contribution in [1.82, 2.24) is 0 Å². The van der Waals surface area contributed by atoms with Crippen molar-refractivity contribution in [1.29, 1.82) is 0 Å². The average molecular weight is 283 g/mol. The summed E-state index contributed by atoms with van der Waals surface area (Å²) < 4.78 is 23.5. The predicted molar refractivity (Wildman–Crippen MR) is 75.2 cm³/mol. The van der Waals surface area contributed by atoms with Gasteiger partial charge in [-0.1, -0.05) is 13.0 Å². The fraction of sp³-hybridized carbons (Fsp3) is 0.533. The number of esters is 1. The number of ether oxygens (including phenoxy) is 2. The first-order chi connectivity index (χ1) is 9.15. The minimum atomic E-state index is -0.757. The molecule has 0 bridgehead atoms. The minimum absolute atomic E-state index is 0.0682. The van der Waals surface area contributed by atoms with Crippen LogP contribution in [0.1, 0.15) is 32.8 Å². The van der Waals surface area contributed by atoms with E-state index in [9.17, 15) is 9.18 Å². The molecule has 20 heavy (non-hydrogen) atoms. The molecule has 5 heteroatoms. The van der Waals surface area contributed by atoms with Crippen LogP contribution in [0, 0.1) is 5.82 Å². The number of carbonyl (C=O) groups excluding carboxylic acids is 1. The van der Waals surface area contributed by atoms with Crippen LogP contribution < -0.4 is 10.5 Å². The lowest BCUT2D eigenvalue weighted by atomic mass is 9.66. The van der Waals surface area contributed by atoms with Gasteiger partial charge in [0.1, 0.15) is 0 Å². The summed E-state index contributed by atoms with van der Waals surface area (Å²) in [7, 11) is 2.72. The van der Waals surface area contributed by atoms with Crippen molar-refractivity contribution in [3.8, 4) is 5.75 Å². The van der Waals surface area contributed by atoms with E-state index in [1.807, 2.05) is 6.92 Å². The van der Waals surface area contributed by atoms with E-state index < -0.39 is 16.8 Å². The standard InChI is InChI=1S/C15H22FNO3/c1-14(2,17)15(3,9-13(18)20-5)10-6-7-12(19-4)11(16)8-10/h6-8H,9,17H2,1-5H3. The fourth-order valence-corrected chi connectivity index (χ4v) is 2.07. The second-order valence-electron chi connectivity index (χ2n) is 5.66.